The van der Waals surface area contributed by atoms with Crippen molar-refractivity contribution in [2.24, 2.45) is 35.5 Å². The molecule has 1 aromatic rings. The number of anilines is 1. The number of allylic oxidation sites excluding steroid dienone is 2. The van der Waals surface area contributed by atoms with Gasteiger partial charge in [-0.05, 0) is 67.2 Å². The number of aryl methyl sites for hydroxylation is 2. The topological polar surface area (TPSA) is 37.4 Å². The van der Waals surface area contributed by atoms with Gasteiger partial charge in [0.1, 0.15) is 0 Å². The molecule has 23 heavy (non-hydrogen) atoms. The average molecular weight is 372 g/mol. The van der Waals surface area contributed by atoms with Gasteiger partial charge in [0.25, 0.3) is 0 Å². The molecule has 0 radical (unpaired) electrons. The van der Waals surface area contributed by atoms with Crippen LogP contribution in [0, 0.1) is 49.4 Å². The van der Waals surface area contributed by atoms with E-state index in [1.807, 2.05) is 26.0 Å². The summed E-state index contributed by atoms with van der Waals surface area (Å²) in [5, 5.41) is 0. The highest BCUT2D eigenvalue weighted by Gasteiger charge is 2.67. The lowest BCUT2D eigenvalue weighted by Gasteiger charge is -2.37. The zero-order chi connectivity index (χ0) is 16.0. The second kappa shape index (κ2) is 4.35. The summed E-state index contributed by atoms with van der Waals surface area (Å²) in [7, 11) is 0. The van der Waals surface area contributed by atoms with Gasteiger partial charge in [-0.2, -0.15) is 0 Å². The number of imide groups is 1. The van der Waals surface area contributed by atoms with Crippen LogP contribution in [0.15, 0.2) is 28.8 Å². The van der Waals surface area contributed by atoms with E-state index in [0.29, 0.717) is 11.8 Å². The molecule has 3 fully saturated rings. The molecular weight excluding hydrogens is 354 g/mol. The lowest BCUT2D eigenvalue weighted by atomic mass is 9.63. The standard InChI is InChI=1S/C19H18BrNO2/c1-8-5-10(20)6-9(2)17(8)21-18(22)15-11-3-4-12(14-7-13(11)14)16(15)19(21)23/h3-6,11-16H,7H2,1-2H3/t11-,12-,13-,14-,15+,16+/m0/s1. The van der Waals surface area contributed by atoms with Gasteiger partial charge in [-0.25, -0.2) is 4.90 Å². The molecule has 4 aliphatic carbocycles. The molecule has 4 heteroatoms. The maximum Gasteiger partial charge on any atom is 0.238 e. The van der Waals surface area contributed by atoms with Gasteiger partial charge in [0.2, 0.25) is 11.8 Å². The normalized spacial score (nSPS) is 39.7. The molecule has 0 N–H and O–H groups in total. The van der Waals surface area contributed by atoms with Crippen molar-refractivity contribution in [1.82, 2.24) is 0 Å². The number of hydrogen-bond donors (Lipinski definition) is 0. The number of amides is 2. The molecule has 1 aromatic carbocycles. The maximum absolute atomic E-state index is 13.2. The van der Waals surface area contributed by atoms with E-state index < -0.39 is 0 Å². The molecule has 6 rings (SSSR count). The number of halogens is 1. The van der Waals surface area contributed by atoms with Crippen LogP contribution in [0.3, 0.4) is 0 Å². The zero-order valence-electron chi connectivity index (χ0n) is 13.1. The maximum atomic E-state index is 13.2. The van der Waals surface area contributed by atoms with Gasteiger partial charge in [-0.15, -0.1) is 0 Å². The predicted molar refractivity (Wildman–Crippen MR) is 90.8 cm³/mol. The van der Waals surface area contributed by atoms with E-state index in [9.17, 15) is 9.59 Å². The van der Waals surface area contributed by atoms with Crippen molar-refractivity contribution in [3.8, 4) is 0 Å². The van der Waals surface area contributed by atoms with Crippen LogP contribution in [0.25, 0.3) is 0 Å². The summed E-state index contributed by atoms with van der Waals surface area (Å²) in [6.07, 6.45) is 5.64. The Hall–Kier alpha value is -1.42. The van der Waals surface area contributed by atoms with Gasteiger partial charge < -0.3 is 0 Å². The Bertz CT molecular complexity index is 740. The molecule has 2 amide bonds. The quantitative estimate of drug-likeness (QED) is 0.558. The van der Waals surface area contributed by atoms with Crippen LogP contribution < -0.4 is 4.90 Å². The fourth-order valence-electron chi connectivity index (χ4n) is 5.43. The van der Waals surface area contributed by atoms with Crippen LogP contribution in [-0.2, 0) is 9.59 Å². The number of carbonyl (C=O) groups excluding carboxylic acids is 2. The molecule has 6 atom stereocenters. The summed E-state index contributed by atoms with van der Waals surface area (Å²) >= 11 is 3.49. The molecule has 3 nitrogen and oxygen atoms in total. The lowest BCUT2D eigenvalue weighted by molar-refractivity contribution is -0.124. The van der Waals surface area contributed by atoms with Gasteiger partial charge in [0.05, 0.1) is 17.5 Å². The van der Waals surface area contributed by atoms with E-state index in [0.717, 1.165) is 21.3 Å². The molecule has 5 aliphatic rings. The van der Waals surface area contributed by atoms with Crippen LogP contribution in [0.2, 0.25) is 0 Å². The second-order valence-corrected chi connectivity index (χ2v) is 8.47. The Balaban J connectivity index is 1.63. The van der Waals surface area contributed by atoms with E-state index in [2.05, 4.69) is 28.1 Å². The Morgan fingerprint density at radius 2 is 1.43 bits per heavy atom. The molecule has 0 unspecified atom stereocenters. The van der Waals surface area contributed by atoms with E-state index in [1.165, 1.54) is 11.3 Å². The van der Waals surface area contributed by atoms with Crippen LogP contribution >= 0.6 is 15.9 Å². The van der Waals surface area contributed by atoms with Crippen molar-refractivity contribution in [2.75, 3.05) is 4.90 Å². The first-order valence-corrected chi connectivity index (χ1v) is 9.11. The number of hydrogen-bond acceptors (Lipinski definition) is 2. The summed E-state index contributed by atoms with van der Waals surface area (Å²) in [4.78, 5) is 27.8. The van der Waals surface area contributed by atoms with Gasteiger partial charge in [0, 0.05) is 4.47 Å². The van der Waals surface area contributed by atoms with Crippen molar-refractivity contribution in [1.29, 1.82) is 0 Å². The summed E-state index contributed by atoms with van der Waals surface area (Å²) < 4.78 is 0.982. The fraction of sp³-hybridized carbons (Fsp3) is 0.474. The smallest absolute Gasteiger partial charge is 0.238 e. The fourth-order valence-corrected chi connectivity index (χ4v) is 6.12. The average Bonchev–Trinajstić information content (AvgIpc) is 3.26. The van der Waals surface area contributed by atoms with Crippen molar-refractivity contribution in [2.45, 2.75) is 20.3 Å². The summed E-state index contributed by atoms with van der Waals surface area (Å²) in [5.74, 6) is 1.67. The Morgan fingerprint density at radius 1 is 0.957 bits per heavy atom. The SMILES string of the molecule is Cc1cc(Br)cc(C)c1N1C(=O)[C@@H]2[C@H]3C=C[C@@H]([C@@H]4C[C@@H]34)[C@H]2C1=O. The van der Waals surface area contributed by atoms with Gasteiger partial charge in [-0.3, -0.25) is 9.59 Å². The molecular formula is C19H18BrNO2. The van der Waals surface area contributed by atoms with Crippen LogP contribution in [-0.4, -0.2) is 11.8 Å². The van der Waals surface area contributed by atoms with Crippen LogP contribution in [0.1, 0.15) is 17.5 Å². The van der Waals surface area contributed by atoms with E-state index in [4.69, 9.17) is 0 Å². The van der Waals surface area contributed by atoms with Crippen molar-refractivity contribution in [3.05, 3.63) is 39.9 Å². The van der Waals surface area contributed by atoms with Crippen LogP contribution in [0.5, 0.6) is 0 Å². The Kier molecular flexibility index (Phi) is 2.64. The number of benzene rings is 1. The molecule has 2 saturated carbocycles. The zero-order valence-corrected chi connectivity index (χ0v) is 14.7. The first-order valence-electron chi connectivity index (χ1n) is 8.32. The summed E-state index contributed by atoms with van der Waals surface area (Å²) in [6, 6.07) is 3.96. The third-order valence-corrected chi connectivity index (χ3v) is 6.80. The molecule has 118 valence electrons. The molecule has 1 aliphatic heterocycles. The number of nitrogens with zero attached hydrogens (tertiary/aromatic N) is 1. The third-order valence-electron chi connectivity index (χ3n) is 6.34. The highest BCUT2D eigenvalue weighted by atomic mass is 79.9. The van der Waals surface area contributed by atoms with E-state index >= 15 is 0 Å². The molecule has 1 saturated heterocycles. The first kappa shape index (κ1) is 14.0. The summed E-state index contributed by atoms with van der Waals surface area (Å²) in [6.45, 7) is 3.94. The van der Waals surface area contributed by atoms with Gasteiger partial charge in [0.15, 0.2) is 0 Å². The molecule has 2 bridgehead atoms. The summed E-state index contributed by atoms with van der Waals surface area (Å²) in [5.41, 5.74) is 2.75. The lowest BCUT2D eigenvalue weighted by Crippen LogP contribution is -2.40. The minimum Gasteiger partial charge on any atom is -0.274 e. The predicted octanol–water partition coefficient (Wildman–Crippen LogP) is 3.62. The molecule has 1 heterocycles. The van der Waals surface area contributed by atoms with E-state index in [-0.39, 0.29) is 35.5 Å². The number of carbonyl (C=O) groups is 2. The van der Waals surface area contributed by atoms with Crippen molar-refractivity contribution in [3.63, 3.8) is 0 Å². The molecule has 0 aromatic heterocycles. The van der Waals surface area contributed by atoms with Crippen LogP contribution in [0.4, 0.5) is 5.69 Å². The van der Waals surface area contributed by atoms with Gasteiger partial charge in [-0.1, -0.05) is 28.1 Å². The monoisotopic (exact) mass is 371 g/mol. The largest absolute Gasteiger partial charge is 0.274 e. The Labute approximate surface area is 143 Å². The minimum absolute atomic E-state index is 0.0261. The van der Waals surface area contributed by atoms with Gasteiger partial charge >= 0.3 is 0 Å². The first-order chi connectivity index (χ1) is 11.0. The van der Waals surface area contributed by atoms with Crippen molar-refractivity contribution >= 4 is 33.4 Å². The highest BCUT2D eigenvalue weighted by Crippen LogP contribution is 2.65. The third kappa shape index (κ3) is 1.65. The second-order valence-electron chi connectivity index (χ2n) is 7.55. The Morgan fingerprint density at radius 3 is 1.91 bits per heavy atom. The number of rotatable bonds is 1. The minimum atomic E-state index is -0.122. The van der Waals surface area contributed by atoms with E-state index in [1.54, 1.807) is 0 Å². The molecule has 0 spiro atoms. The van der Waals surface area contributed by atoms with Crippen molar-refractivity contribution < 1.29 is 9.59 Å². The highest BCUT2D eigenvalue weighted by molar-refractivity contribution is 9.10.